The standard InChI is InChI=1S/C12H17FN4O/c1-12(2,3)17-11(18)16-7-4-5-9(13)8(6-7)10(14)15/h4-6H,1-3H3,(H3,14,15)(H2,16,17,18). The summed E-state index contributed by atoms with van der Waals surface area (Å²) >= 11 is 0. The SMILES string of the molecule is CC(C)(C)NC(=O)Nc1ccc(F)c(C(=N)N)c1. The van der Waals surface area contributed by atoms with Gasteiger partial charge in [0.15, 0.2) is 0 Å². The molecule has 0 saturated heterocycles. The quantitative estimate of drug-likeness (QED) is 0.479. The molecule has 98 valence electrons. The Morgan fingerprint density at radius 1 is 1.39 bits per heavy atom. The smallest absolute Gasteiger partial charge is 0.319 e. The minimum Gasteiger partial charge on any atom is -0.384 e. The van der Waals surface area contributed by atoms with Crippen molar-refractivity contribution in [2.45, 2.75) is 26.3 Å². The molecule has 0 saturated carbocycles. The molecule has 0 heterocycles. The lowest BCUT2D eigenvalue weighted by Gasteiger charge is -2.20. The molecule has 0 fully saturated rings. The Morgan fingerprint density at radius 3 is 2.50 bits per heavy atom. The van der Waals surface area contributed by atoms with E-state index in [4.69, 9.17) is 11.1 Å². The summed E-state index contributed by atoms with van der Waals surface area (Å²) in [6.45, 7) is 5.54. The molecular weight excluding hydrogens is 235 g/mol. The molecule has 1 aromatic rings. The van der Waals surface area contributed by atoms with Crippen molar-refractivity contribution in [1.29, 1.82) is 5.41 Å². The number of rotatable bonds is 2. The molecule has 0 spiro atoms. The van der Waals surface area contributed by atoms with Crippen molar-refractivity contribution >= 4 is 17.6 Å². The molecule has 0 aliphatic rings. The number of carbonyl (C=O) groups is 1. The number of hydrogen-bond acceptors (Lipinski definition) is 2. The van der Waals surface area contributed by atoms with Crippen molar-refractivity contribution in [3.05, 3.63) is 29.6 Å². The first kappa shape index (κ1) is 14.0. The highest BCUT2D eigenvalue weighted by Gasteiger charge is 2.14. The Morgan fingerprint density at radius 2 is 2.00 bits per heavy atom. The number of nitrogens with two attached hydrogens (primary N) is 1. The van der Waals surface area contributed by atoms with E-state index in [1.54, 1.807) is 0 Å². The number of amides is 2. The topological polar surface area (TPSA) is 91.0 Å². The molecular formula is C12H17FN4O. The second-order valence-corrected chi connectivity index (χ2v) is 4.94. The van der Waals surface area contributed by atoms with Gasteiger partial charge in [-0.05, 0) is 39.0 Å². The number of halogens is 1. The summed E-state index contributed by atoms with van der Waals surface area (Å²) in [7, 11) is 0. The van der Waals surface area contributed by atoms with E-state index in [-0.39, 0.29) is 16.9 Å². The molecule has 0 unspecified atom stereocenters. The molecule has 0 atom stereocenters. The Bertz CT molecular complexity index is 479. The summed E-state index contributed by atoms with van der Waals surface area (Å²) in [5.41, 5.74) is 5.20. The van der Waals surface area contributed by atoms with E-state index in [9.17, 15) is 9.18 Å². The van der Waals surface area contributed by atoms with Crippen LogP contribution in [0.15, 0.2) is 18.2 Å². The number of hydrogen-bond donors (Lipinski definition) is 4. The fourth-order valence-electron chi connectivity index (χ4n) is 1.31. The van der Waals surface area contributed by atoms with Gasteiger partial charge in [0.1, 0.15) is 11.7 Å². The van der Waals surface area contributed by atoms with Crippen LogP contribution in [0.1, 0.15) is 26.3 Å². The van der Waals surface area contributed by atoms with Gasteiger partial charge < -0.3 is 16.4 Å². The average molecular weight is 252 g/mol. The molecule has 0 aliphatic carbocycles. The lowest BCUT2D eigenvalue weighted by molar-refractivity contribution is 0.244. The van der Waals surface area contributed by atoms with Crippen molar-refractivity contribution in [3.63, 3.8) is 0 Å². The maximum absolute atomic E-state index is 13.3. The van der Waals surface area contributed by atoms with Crippen LogP contribution in [-0.2, 0) is 0 Å². The van der Waals surface area contributed by atoms with Gasteiger partial charge in [0.25, 0.3) is 0 Å². The number of nitrogen functional groups attached to an aromatic ring is 1. The highest BCUT2D eigenvalue weighted by atomic mass is 19.1. The van der Waals surface area contributed by atoms with Gasteiger partial charge >= 0.3 is 6.03 Å². The zero-order valence-corrected chi connectivity index (χ0v) is 10.6. The van der Waals surface area contributed by atoms with Crippen molar-refractivity contribution in [2.75, 3.05) is 5.32 Å². The van der Waals surface area contributed by atoms with Crippen LogP contribution in [0.5, 0.6) is 0 Å². The number of benzene rings is 1. The largest absolute Gasteiger partial charge is 0.384 e. The highest BCUT2D eigenvalue weighted by Crippen LogP contribution is 2.14. The minimum atomic E-state index is -0.593. The summed E-state index contributed by atoms with van der Waals surface area (Å²) in [4.78, 5) is 11.6. The van der Waals surface area contributed by atoms with E-state index < -0.39 is 11.8 Å². The van der Waals surface area contributed by atoms with E-state index in [1.807, 2.05) is 20.8 Å². The van der Waals surface area contributed by atoms with Crippen LogP contribution in [0.25, 0.3) is 0 Å². The van der Waals surface area contributed by atoms with E-state index in [2.05, 4.69) is 10.6 Å². The van der Waals surface area contributed by atoms with E-state index in [0.717, 1.165) is 6.07 Å². The lowest BCUT2D eigenvalue weighted by atomic mass is 10.1. The first-order valence-corrected chi connectivity index (χ1v) is 5.42. The first-order valence-electron chi connectivity index (χ1n) is 5.42. The third-order valence-electron chi connectivity index (χ3n) is 2.00. The zero-order valence-electron chi connectivity index (χ0n) is 10.6. The number of amidine groups is 1. The molecule has 18 heavy (non-hydrogen) atoms. The van der Waals surface area contributed by atoms with Gasteiger partial charge in [-0.25, -0.2) is 9.18 Å². The lowest BCUT2D eigenvalue weighted by Crippen LogP contribution is -2.43. The maximum Gasteiger partial charge on any atom is 0.319 e. The van der Waals surface area contributed by atoms with Crippen LogP contribution >= 0.6 is 0 Å². The number of nitrogens with one attached hydrogen (secondary N) is 3. The third kappa shape index (κ3) is 4.04. The molecule has 1 rings (SSSR count). The van der Waals surface area contributed by atoms with Crippen LogP contribution in [0, 0.1) is 11.2 Å². The van der Waals surface area contributed by atoms with Crippen LogP contribution < -0.4 is 16.4 Å². The van der Waals surface area contributed by atoms with E-state index in [0.29, 0.717) is 5.69 Å². The van der Waals surface area contributed by atoms with Crippen molar-refractivity contribution in [2.24, 2.45) is 5.73 Å². The summed E-state index contributed by atoms with van der Waals surface area (Å²) in [6, 6.07) is 3.48. The predicted molar refractivity (Wildman–Crippen MR) is 69.3 cm³/mol. The number of urea groups is 1. The zero-order chi connectivity index (χ0) is 13.9. The van der Waals surface area contributed by atoms with Crippen LogP contribution in [0.4, 0.5) is 14.9 Å². The minimum absolute atomic E-state index is 0.0384. The Hall–Kier alpha value is -2.11. The molecule has 2 amide bonds. The predicted octanol–water partition coefficient (Wildman–Crippen LogP) is 2.03. The Kier molecular flexibility index (Phi) is 3.90. The molecule has 0 aromatic heterocycles. The number of anilines is 1. The van der Waals surface area contributed by atoms with Crippen molar-refractivity contribution in [1.82, 2.24) is 5.32 Å². The molecule has 1 aromatic carbocycles. The maximum atomic E-state index is 13.3. The Labute approximate surface area is 105 Å². The molecule has 0 radical (unpaired) electrons. The van der Waals surface area contributed by atoms with E-state index >= 15 is 0 Å². The fourth-order valence-corrected chi connectivity index (χ4v) is 1.31. The monoisotopic (exact) mass is 252 g/mol. The van der Waals surface area contributed by atoms with Crippen LogP contribution in [0.3, 0.4) is 0 Å². The summed E-state index contributed by atoms with van der Waals surface area (Å²) in [5, 5.41) is 12.5. The number of carbonyl (C=O) groups excluding carboxylic acids is 1. The van der Waals surface area contributed by atoms with Gasteiger partial charge in [-0.1, -0.05) is 0 Å². The fraction of sp³-hybridized carbons (Fsp3) is 0.333. The van der Waals surface area contributed by atoms with Gasteiger partial charge in [0.05, 0.1) is 5.56 Å². The van der Waals surface area contributed by atoms with Crippen molar-refractivity contribution < 1.29 is 9.18 Å². The van der Waals surface area contributed by atoms with Crippen LogP contribution in [-0.4, -0.2) is 17.4 Å². The van der Waals surface area contributed by atoms with Gasteiger partial charge in [0, 0.05) is 11.2 Å². The van der Waals surface area contributed by atoms with Crippen molar-refractivity contribution in [3.8, 4) is 0 Å². The van der Waals surface area contributed by atoms with Crippen LogP contribution in [0.2, 0.25) is 0 Å². The second kappa shape index (κ2) is 5.03. The summed E-state index contributed by atoms with van der Waals surface area (Å²) < 4.78 is 13.3. The second-order valence-electron chi connectivity index (χ2n) is 4.94. The van der Waals surface area contributed by atoms with Gasteiger partial charge in [-0.15, -0.1) is 0 Å². The molecule has 5 nitrogen and oxygen atoms in total. The Balaban J connectivity index is 2.83. The van der Waals surface area contributed by atoms with Gasteiger partial charge in [-0.2, -0.15) is 0 Å². The van der Waals surface area contributed by atoms with Gasteiger partial charge in [0.2, 0.25) is 0 Å². The summed E-state index contributed by atoms with van der Waals surface area (Å²) in [5.74, 6) is -0.975. The highest BCUT2D eigenvalue weighted by molar-refractivity contribution is 5.97. The van der Waals surface area contributed by atoms with Gasteiger partial charge in [-0.3, -0.25) is 5.41 Å². The average Bonchev–Trinajstić information content (AvgIpc) is 2.17. The normalized spacial score (nSPS) is 10.9. The molecule has 0 bridgehead atoms. The summed E-state index contributed by atoms with van der Waals surface area (Å²) in [6.07, 6.45) is 0. The third-order valence-corrected chi connectivity index (χ3v) is 2.00. The molecule has 5 N–H and O–H groups in total. The molecule has 6 heteroatoms. The van der Waals surface area contributed by atoms with E-state index in [1.165, 1.54) is 12.1 Å². The molecule has 0 aliphatic heterocycles. The first-order chi connectivity index (χ1) is 8.19.